The number of nitro groups is 1. The van der Waals surface area contributed by atoms with Gasteiger partial charge in [0.2, 0.25) is 0 Å². The van der Waals surface area contributed by atoms with Crippen LogP contribution in [0.1, 0.15) is 17.0 Å². The van der Waals surface area contributed by atoms with Gasteiger partial charge in [-0.2, -0.15) is 0 Å². The largest absolute Gasteiger partial charge is 0.497 e. The highest BCUT2D eigenvalue weighted by atomic mass is 16.6. The van der Waals surface area contributed by atoms with E-state index in [4.69, 9.17) is 4.74 Å². The zero-order chi connectivity index (χ0) is 16.4. The van der Waals surface area contributed by atoms with E-state index in [9.17, 15) is 10.1 Å². The number of nitro benzene ring substituents is 1. The predicted octanol–water partition coefficient (Wildman–Crippen LogP) is 3.73. The average molecular weight is 309 g/mol. The van der Waals surface area contributed by atoms with E-state index in [0.29, 0.717) is 0 Å². The molecule has 0 saturated heterocycles. The van der Waals surface area contributed by atoms with Crippen molar-refractivity contribution >= 4 is 23.5 Å². The minimum Gasteiger partial charge on any atom is -0.497 e. The molecule has 0 bridgehead atoms. The fraction of sp³-hybridized carbons (Fsp3) is 0.118. The molecule has 0 amide bonds. The number of pyridine rings is 1. The molecule has 1 aromatic carbocycles. The number of nitrogens with zero attached hydrogens (tertiary/aromatic N) is 3. The first-order valence-electron chi connectivity index (χ1n) is 7.04. The van der Waals surface area contributed by atoms with Crippen LogP contribution in [0.15, 0.2) is 42.6 Å². The highest BCUT2D eigenvalue weighted by molar-refractivity contribution is 5.71. The van der Waals surface area contributed by atoms with Crippen molar-refractivity contribution in [1.82, 2.24) is 9.38 Å². The molecule has 0 aliphatic carbocycles. The molecular formula is C17H15N3O3. The number of aromatic nitrogens is 2. The third kappa shape index (κ3) is 2.91. The number of benzene rings is 1. The van der Waals surface area contributed by atoms with Crippen molar-refractivity contribution in [2.75, 3.05) is 7.11 Å². The Hall–Kier alpha value is -3.15. The van der Waals surface area contributed by atoms with Crippen LogP contribution in [0, 0.1) is 17.0 Å². The van der Waals surface area contributed by atoms with Crippen molar-refractivity contribution in [3.05, 3.63) is 69.7 Å². The number of methoxy groups -OCH3 is 1. The average Bonchev–Trinajstić information content (AvgIpc) is 2.88. The van der Waals surface area contributed by atoms with E-state index in [2.05, 4.69) is 4.98 Å². The van der Waals surface area contributed by atoms with Crippen LogP contribution in [0.4, 0.5) is 5.69 Å². The number of rotatable bonds is 4. The minimum atomic E-state index is -0.410. The van der Waals surface area contributed by atoms with Crippen LogP contribution in [0.5, 0.6) is 5.75 Å². The summed E-state index contributed by atoms with van der Waals surface area (Å²) in [6.45, 7) is 1.99. The Balaban J connectivity index is 1.91. The summed E-state index contributed by atoms with van der Waals surface area (Å²) in [4.78, 5) is 14.8. The number of imidazole rings is 1. The van der Waals surface area contributed by atoms with E-state index >= 15 is 0 Å². The Morgan fingerprint density at radius 3 is 2.61 bits per heavy atom. The van der Waals surface area contributed by atoms with E-state index < -0.39 is 4.92 Å². The van der Waals surface area contributed by atoms with E-state index in [1.807, 2.05) is 41.8 Å². The number of ether oxygens (including phenoxy) is 1. The molecule has 0 fully saturated rings. The first-order valence-corrected chi connectivity index (χ1v) is 7.04. The molecule has 3 rings (SSSR count). The van der Waals surface area contributed by atoms with Crippen LogP contribution >= 0.6 is 0 Å². The summed E-state index contributed by atoms with van der Waals surface area (Å²) in [6.07, 6.45) is 5.70. The topological polar surface area (TPSA) is 69.7 Å². The fourth-order valence-electron chi connectivity index (χ4n) is 2.33. The van der Waals surface area contributed by atoms with Gasteiger partial charge >= 0.3 is 0 Å². The fourth-order valence-corrected chi connectivity index (χ4v) is 2.33. The number of aryl methyl sites for hydroxylation is 1. The van der Waals surface area contributed by atoms with Crippen molar-refractivity contribution in [3.63, 3.8) is 0 Å². The van der Waals surface area contributed by atoms with Crippen molar-refractivity contribution < 1.29 is 9.66 Å². The zero-order valence-corrected chi connectivity index (χ0v) is 12.8. The minimum absolute atomic E-state index is 0.0816. The van der Waals surface area contributed by atoms with Crippen LogP contribution in [0.2, 0.25) is 0 Å². The Morgan fingerprint density at radius 1 is 1.22 bits per heavy atom. The molecular weight excluding hydrogens is 294 g/mol. The van der Waals surface area contributed by atoms with Crippen molar-refractivity contribution in [3.8, 4) is 5.75 Å². The van der Waals surface area contributed by atoms with Crippen LogP contribution in [0.3, 0.4) is 0 Å². The second-order valence-corrected chi connectivity index (χ2v) is 5.06. The monoisotopic (exact) mass is 309 g/mol. The Morgan fingerprint density at radius 2 is 1.96 bits per heavy atom. The van der Waals surface area contributed by atoms with Gasteiger partial charge in [0.05, 0.1) is 17.7 Å². The summed E-state index contributed by atoms with van der Waals surface area (Å²) in [5, 5.41) is 10.7. The lowest BCUT2D eigenvalue weighted by atomic mass is 10.2. The quantitative estimate of drug-likeness (QED) is 0.544. The van der Waals surface area contributed by atoms with Gasteiger partial charge in [0.15, 0.2) is 0 Å². The molecule has 0 aliphatic heterocycles. The first-order chi connectivity index (χ1) is 11.1. The molecule has 0 radical (unpaired) electrons. The molecule has 116 valence electrons. The van der Waals surface area contributed by atoms with Crippen molar-refractivity contribution in [2.24, 2.45) is 0 Å². The molecule has 0 spiro atoms. The van der Waals surface area contributed by atoms with Gasteiger partial charge in [0, 0.05) is 30.1 Å². The second-order valence-electron chi connectivity index (χ2n) is 5.06. The van der Waals surface area contributed by atoms with Crippen LogP contribution in [0.25, 0.3) is 17.8 Å². The highest BCUT2D eigenvalue weighted by Gasteiger charge is 2.07. The molecule has 0 N–H and O–H groups in total. The zero-order valence-electron chi connectivity index (χ0n) is 12.8. The van der Waals surface area contributed by atoms with Gasteiger partial charge in [-0.05, 0) is 36.8 Å². The number of fused-ring (bicyclic) bond motifs is 1. The maximum absolute atomic E-state index is 10.7. The summed E-state index contributed by atoms with van der Waals surface area (Å²) >= 11 is 0. The third-order valence-electron chi connectivity index (χ3n) is 3.65. The van der Waals surface area contributed by atoms with Gasteiger partial charge in [-0.1, -0.05) is 6.08 Å². The Labute approximate surface area is 132 Å². The van der Waals surface area contributed by atoms with Gasteiger partial charge in [-0.3, -0.25) is 10.1 Å². The van der Waals surface area contributed by atoms with Gasteiger partial charge in [-0.25, -0.2) is 4.98 Å². The molecule has 23 heavy (non-hydrogen) atoms. The number of hydrogen-bond acceptors (Lipinski definition) is 4. The number of hydrogen-bond donors (Lipinski definition) is 0. The lowest BCUT2D eigenvalue weighted by Crippen LogP contribution is -1.89. The molecule has 0 aliphatic rings. The van der Waals surface area contributed by atoms with E-state index in [-0.39, 0.29) is 5.69 Å². The first kappa shape index (κ1) is 14.8. The maximum atomic E-state index is 10.7. The standard InChI is InChI=1S/C17H15N3O3/c1-12-16(18-17-11-15(23-2)9-10-19(12)17)8-5-13-3-6-14(7-4-13)20(21)22/h3-11H,1-2H3. The van der Waals surface area contributed by atoms with Gasteiger partial charge in [0.25, 0.3) is 5.69 Å². The lowest BCUT2D eigenvalue weighted by molar-refractivity contribution is -0.384. The Bertz CT molecular complexity index is 895. The third-order valence-corrected chi connectivity index (χ3v) is 3.65. The molecule has 0 atom stereocenters. The smallest absolute Gasteiger partial charge is 0.269 e. The van der Waals surface area contributed by atoms with Crippen LogP contribution in [-0.4, -0.2) is 21.4 Å². The molecule has 2 heterocycles. The van der Waals surface area contributed by atoms with Crippen molar-refractivity contribution in [1.29, 1.82) is 0 Å². The molecule has 0 unspecified atom stereocenters. The van der Waals surface area contributed by atoms with Gasteiger partial charge < -0.3 is 9.14 Å². The van der Waals surface area contributed by atoms with Gasteiger partial charge in [-0.15, -0.1) is 0 Å². The van der Waals surface area contributed by atoms with Crippen LogP contribution < -0.4 is 4.74 Å². The van der Waals surface area contributed by atoms with E-state index in [0.717, 1.165) is 28.3 Å². The van der Waals surface area contributed by atoms with E-state index in [1.54, 1.807) is 19.2 Å². The summed E-state index contributed by atoms with van der Waals surface area (Å²) in [7, 11) is 1.62. The maximum Gasteiger partial charge on any atom is 0.269 e. The molecule has 0 saturated carbocycles. The highest BCUT2D eigenvalue weighted by Crippen LogP contribution is 2.20. The second kappa shape index (κ2) is 5.92. The molecule has 6 nitrogen and oxygen atoms in total. The van der Waals surface area contributed by atoms with Gasteiger partial charge in [0.1, 0.15) is 11.4 Å². The summed E-state index contributed by atoms with van der Waals surface area (Å²) in [6, 6.07) is 10.1. The lowest BCUT2D eigenvalue weighted by Gasteiger charge is -2.00. The Kier molecular flexibility index (Phi) is 3.80. The molecule has 3 aromatic rings. The number of non-ortho nitro benzene ring substituents is 1. The van der Waals surface area contributed by atoms with Crippen molar-refractivity contribution in [2.45, 2.75) is 6.92 Å². The summed E-state index contributed by atoms with van der Waals surface area (Å²) in [5.74, 6) is 0.758. The summed E-state index contributed by atoms with van der Waals surface area (Å²) in [5.41, 5.74) is 3.63. The molecule has 2 aromatic heterocycles. The SMILES string of the molecule is COc1ccn2c(C)c(C=Cc3ccc([N+](=O)[O-])cc3)nc2c1. The van der Waals surface area contributed by atoms with E-state index in [1.165, 1.54) is 12.1 Å². The normalized spacial score (nSPS) is 11.2. The molecule has 6 heteroatoms. The summed E-state index contributed by atoms with van der Waals surface area (Å²) < 4.78 is 7.19. The predicted molar refractivity (Wildman–Crippen MR) is 88.5 cm³/mol. The van der Waals surface area contributed by atoms with Crippen LogP contribution in [-0.2, 0) is 0 Å².